The molecule has 6 heteroatoms. The maximum atomic E-state index is 12.6. The quantitative estimate of drug-likeness (QED) is 0.865. The van der Waals surface area contributed by atoms with Crippen LogP contribution < -0.4 is 0 Å². The number of likely N-dealkylation sites (tertiary alicyclic amines) is 1. The van der Waals surface area contributed by atoms with Crippen LogP contribution in [-0.4, -0.2) is 32.5 Å². The zero-order chi connectivity index (χ0) is 14.2. The van der Waals surface area contributed by atoms with Crippen LogP contribution in [0.4, 0.5) is 0 Å². The molecule has 1 atom stereocenters. The number of aromatic nitrogens is 3. The van der Waals surface area contributed by atoms with Crippen LogP contribution in [0, 0.1) is 0 Å². The molecule has 3 heterocycles. The van der Waals surface area contributed by atoms with Gasteiger partial charge in [0.25, 0.3) is 5.91 Å². The van der Waals surface area contributed by atoms with Crippen LogP contribution in [0.3, 0.4) is 0 Å². The maximum absolute atomic E-state index is 12.6. The monoisotopic (exact) mass is 284 g/mol. The molecule has 1 amide bonds. The highest BCUT2D eigenvalue weighted by Gasteiger charge is 2.36. The van der Waals surface area contributed by atoms with Crippen LogP contribution in [0.5, 0.6) is 0 Å². The summed E-state index contributed by atoms with van der Waals surface area (Å²) in [6.45, 7) is 0.710. The van der Waals surface area contributed by atoms with E-state index in [1.54, 1.807) is 23.2 Å². The summed E-state index contributed by atoms with van der Waals surface area (Å²) in [5.74, 6) is 1.76. The Balaban J connectivity index is 1.58. The van der Waals surface area contributed by atoms with E-state index in [4.69, 9.17) is 4.52 Å². The van der Waals surface area contributed by atoms with Crippen molar-refractivity contribution < 1.29 is 9.32 Å². The average Bonchev–Trinajstić information content (AvgIpc) is 3.07. The first kappa shape index (κ1) is 12.5. The van der Waals surface area contributed by atoms with Gasteiger partial charge in [-0.1, -0.05) is 11.2 Å². The average molecular weight is 284 g/mol. The summed E-state index contributed by atoms with van der Waals surface area (Å²) in [4.78, 5) is 23.0. The van der Waals surface area contributed by atoms with Crippen molar-refractivity contribution in [2.75, 3.05) is 6.54 Å². The van der Waals surface area contributed by atoms with Crippen LogP contribution in [0.15, 0.2) is 28.9 Å². The lowest BCUT2D eigenvalue weighted by atomic mass is 10.2. The third-order valence-corrected chi connectivity index (χ3v) is 4.08. The molecular weight excluding hydrogens is 268 g/mol. The second-order valence-electron chi connectivity index (χ2n) is 5.64. The molecular formula is C15H16N4O2. The van der Waals surface area contributed by atoms with Gasteiger partial charge in [-0.25, -0.2) is 0 Å². The number of hydrogen-bond acceptors (Lipinski definition) is 5. The minimum atomic E-state index is -0.112. The Morgan fingerprint density at radius 1 is 1.29 bits per heavy atom. The van der Waals surface area contributed by atoms with E-state index >= 15 is 0 Å². The summed E-state index contributed by atoms with van der Waals surface area (Å²) in [5.41, 5.74) is 0.464. The van der Waals surface area contributed by atoms with Crippen LogP contribution >= 0.6 is 0 Å². The van der Waals surface area contributed by atoms with Gasteiger partial charge in [-0.05, 0) is 37.8 Å². The lowest BCUT2D eigenvalue weighted by molar-refractivity contribution is 0.0704. The van der Waals surface area contributed by atoms with Gasteiger partial charge in [0.05, 0.1) is 0 Å². The molecule has 0 aromatic carbocycles. The fourth-order valence-corrected chi connectivity index (χ4v) is 2.79. The Bertz CT molecular complexity index is 651. The Morgan fingerprint density at radius 3 is 2.95 bits per heavy atom. The molecule has 2 fully saturated rings. The summed E-state index contributed by atoms with van der Waals surface area (Å²) in [6.07, 6.45) is 5.73. The Kier molecular flexibility index (Phi) is 2.94. The summed E-state index contributed by atoms with van der Waals surface area (Å²) >= 11 is 0. The SMILES string of the molecule is O=C(c1ccccn1)N1CCCC1c1nc(C2CC2)no1. The van der Waals surface area contributed by atoms with Crippen molar-refractivity contribution in [3.63, 3.8) is 0 Å². The van der Waals surface area contributed by atoms with Gasteiger partial charge in [0.2, 0.25) is 5.89 Å². The van der Waals surface area contributed by atoms with Crippen molar-refractivity contribution in [3.8, 4) is 0 Å². The molecule has 6 nitrogen and oxygen atoms in total. The van der Waals surface area contributed by atoms with E-state index in [2.05, 4.69) is 15.1 Å². The second kappa shape index (κ2) is 4.95. The summed E-state index contributed by atoms with van der Waals surface area (Å²) in [6, 6.07) is 5.25. The molecule has 2 aliphatic rings. The maximum Gasteiger partial charge on any atom is 0.273 e. The molecule has 0 N–H and O–H groups in total. The molecule has 0 radical (unpaired) electrons. The third-order valence-electron chi connectivity index (χ3n) is 4.08. The van der Waals surface area contributed by atoms with E-state index in [0.717, 1.165) is 31.5 Å². The van der Waals surface area contributed by atoms with Crippen LogP contribution in [-0.2, 0) is 0 Å². The van der Waals surface area contributed by atoms with Gasteiger partial charge in [-0.3, -0.25) is 9.78 Å². The first-order valence-electron chi connectivity index (χ1n) is 7.38. The van der Waals surface area contributed by atoms with Crippen molar-refractivity contribution in [2.45, 2.75) is 37.6 Å². The van der Waals surface area contributed by atoms with E-state index in [1.807, 2.05) is 6.07 Å². The van der Waals surface area contributed by atoms with Crippen LogP contribution in [0.25, 0.3) is 0 Å². The van der Waals surface area contributed by atoms with Crippen molar-refractivity contribution >= 4 is 5.91 Å². The van der Waals surface area contributed by atoms with Gasteiger partial charge in [0.1, 0.15) is 11.7 Å². The standard InChI is InChI=1S/C15H16N4O2/c20-15(11-4-1-2-8-16-11)19-9-3-5-12(19)14-17-13(18-21-14)10-6-7-10/h1-2,4,8,10,12H,3,5-7,9H2. The van der Waals surface area contributed by atoms with Gasteiger partial charge < -0.3 is 9.42 Å². The zero-order valence-corrected chi connectivity index (χ0v) is 11.6. The van der Waals surface area contributed by atoms with Crippen molar-refractivity contribution in [1.29, 1.82) is 0 Å². The smallest absolute Gasteiger partial charge is 0.273 e. The lowest BCUT2D eigenvalue weighted by Gasteiger charge is -2.21. The molecule has 2 aromatic heterocycles. The fourth-order valence-electron chi connectivity index (χ4n) is 2.79. The molecule has 1 aliphatic heterocycles. The van der Waals surface area contributed by atoms with Crippen LogP contribution in [0.1, 0.15) is 59.8 Å². The molecule has 0 bridgehead atoms. The number of carbonyl (C=O) groups excluding carboxylic acids is 1. The Morgan fingerprint density at radius 2 is 2.19 bits per heavy atom. The Labute approximate surface area is 122 Å². The second-order valence-corrected chi connectivity index (χ2v) is 5.64. The van der Waals surface area contributed by atoms with E-state index in [1.165, 1.54) is 0 Å². The lowest BCUT2D eigenvalue weighted by Crippen LogP contribution is -2.31. The first-order chi connectivity index (χ1) is 10.3. The highest BCUT2D eigenvalue weighted by Crippen LogP contribution is 2.39. The van der Waals surface area contributed by atoms with Crippen LogP contribution in [0.2, 0.25) is 0 Å². The van der Waals surface area contributed by atoms with E-state index in [9.17, 15) is 4.79 Å². The predicted molar refractivity (Wildman–Crippen MR) is 73.5 cm³/mol. The summed E-state index contributed by atoms with van der Waals surface area (Å²) < 4.78 is 5.39. The topological polar surface area (TPSA) is 72.1 Å². The minimum Gasteiger partial charge on any atom is -0.337 e. The molecule has 4 rings (SSSR count). The van der Waals surface area contributed by atoms with Gasteiger partial charge in [0, 0.05) is 18.7 Å². The Hall–Kier alpha value is -2.24. The normalized spacial score (nSPS) is 21.7. The van der Waals surface area contributed by atoms with E-state index in [-0.39, 0.29) is 11.9 Å². The van der Waals surface area contributed by atoms with E-state index < -0.39 is 0 Å². The van der Waals surface area contributed by atoms with Crippen molar-refractivity contribution in [3.05, 3.63) is 41.8 Å². The van der Waals surface area contributed by atoms with Crippen molar-refractivity contribution in [1.82, 2.24) is 20.0 Å². The predicted octanol–water partition coefficient (Wildman–Crippen LogP) is 2.32. The molecule has 2 aromatic rings. The molecule has 1 saturated heterocycles. The third kappa shape index (κ3) is 2.30. The van der Waals surface area contributed by atoms with Gasteiger partial charge in [-0.2, -0.15) is 4.98 Å². The van der Waals surface area contributed by atoms with Gasteiger partial charge >= 0.3 is 0 Å². The highest BCUT2D eigenvalue weighted by atomic mass is 16.5. The number of amides is 1. The molecule has 1 unspecified atom stereocenters. The number of carbonyl (C=O) groups is 1. The molecule has 1 aliphatic carbocycles. The fraction of sp³-hybridized carbons (Fsp3) is 0.467. The van der Waals surface area contributed by atoms with Gasteiger partial charge in [0.15, 0.2) is 5.82 Å². The molecule has 0 spiro atoms. The summed E-state index contributed by atoms with van der Waals surface area (Å²) in [5, 5.41) is 4.05. The van der Waals surface area contributed by atoms with E-state index in [0.29, 0.717) is 24.0 Å². The van der Waals surface area contributed by atoms with Gasteiger partial charge in [-0.15, -0.1) is 0 Å². The number of nitrogens with zero attached hydrogens (tertiary/aromatic N) is 4. The largest absolute Gasteiger partial charge is 0.337 e. The summed E-state index contributed by atoms with van der Waals surface area (Å²) in [7, 11) is 0. The number of hydrogen-bond donors (Lipinski definition) is 0. The number of rotatable bonds is 3. The molecule has 21 heavy (non-hydrogen) atoms. The molecule has 1 saturated carbocycles. The van der Waals surface area contributed by atoms with Crippen molar-refractivity contribution in [2.24, 2.45) is 0 Å². The zero-order valence-electron chi connectivity index (χ0n) is 11.6. The molecule has 108 valence electrons. The highest BCUT2D eigenvalue weighted by molar-refractivity contribution is 5.92. The number of pyridine rings is 1. The minimum absolute atomic E-state index is 0.0655. The first-order valence-corrected chi connectivity index (χ1v) is 7.38.